The Morgan fingerprint density at radius 3 is 2.84 bits per heavy atom. The van der Waals surface area contributed by atoms with Crippen molar-refractivity contribution in [2.24, 2.45) is 0 Å². The van der Waals surface area contributed by atoms with E-state index in [1.165, 1.54) is 18.9 Å². The van der Waals surface area contributed by atoms with E-state index in [1.807, 2.05) is 0 Å². The van der Waals surface area contributed by atoms with E-state index in [9.17, 15) is 4.39 Å². The maximum Gasteiger partial charge on any atom is 0.129 e. The molecule has 0 amide bonds. The van der Waals surface area contributed by atoms with Gasteiger partial charge in [0.15, 0.2) is 0 Å². The SMILES string of the molecule is CC(C)N(Cc1ccc(Cl)cc1F)CC1CCCN1. The molecule has 1 atom stereocenters. The van der Waals surface area contributed by atoms with Crippen LogP contribution in [0.2, 0.25) is 5.02 Å². The molecule has 1 heterocycles. The minimum absolute atomic E-state index is 0.211. The summed E-state index contributed by atoms with van der Waals surface area (Å²) in [5.41, 5.74) is 0.719. The van der Waals surface area contributed by atoms with E-state index in [0.29, 0.717) is 23.7 Å². The molecule has 1 aromatic carbocycles. The van der Waals surface area contributed by atoms with Crippen LogP contribution in [0.15, 0.2) is 18.2 Å². The minimum Gasteiger partial charge on any atom is -0.313 e. The molecule has 2 nitrogen and oxygen atoms in total. The van der Waals surface area contributed by atoms with Crippen molar-refractivity contribution in [3.63, 3.8) is 0 Å². The highest BCUT2D eigenvalue weighted by atomic mass is 35.5. The third-order valence-corrected chi connectivity index (χ3v) is 3.97. The Balaban J connectivity index is 2.02. The van der Waals surface area contributed by atoms with Crippen LogP contribution in [0.25, 0.3) is 0 Å². The van der Waals surface area contributed by atoms with Crippen LogP contribution in [-0.4, -0.2) is 30.1 Å². The van der Waals surface area contributed by atoms with Gasteiger partial charge in [0.1, 0.15) is 5.82 Å². The molecule has 1 saturated heterocycles. The molecule has 0 saturated carbocycles. The van der Waals surface area contributed by atoms with Gasteiger partial charge >= 0.3 is 0 Å². The quantitative estimate of drug-likeness (QED) is 0.891. The molecule has 0 spiro atoms. The van der Waals surface area contributed by atoms with Gasteiger partial charge in [-0.1, -0.05) is 17.7 Å². The predicted octanol–water partition coefficient (Wildman–Crippen LogP) is 3.44. The lowest BCUT2D eigenvalue weighted by Gasteiger charge is -2.29. The van der Waals surface area contributed by atoms with Crippen molar-refractivity contribution in [1.82, 2.24) is 10.2 Å². The first-order valence-electron chi connectivity index (χ1n) is 6.97. The smallest absolute Gasteiger partial charge is 0.129 e. The summed E-state index contributed by atoms with van der Waals surface area (Å²) in [6, 6.07) is 5.88. The van der Waals surface area contributed by atoms with E-state index < -0.39 is 0 Å². The number of nitrogens with zero attached hydrogens (tertiary/aromatic N) is 1. The summed E-state index contributed by atoms with van der Waals surface area (Å²) >= 11 is 5.79. The number of hydrogen-bond acceptors (Lipinski definition) is 2. The lowest BCUT2D eigenvalue weighted by atomic mass is 10.1. The van der Waals surface area contributed by atoms with Crippen LogP contribution < -0.4 is 5.32 Å². The van der Waals surface area contributed by atoms with Crippen LogP contribution in [0.5, 0.6) is 0 Å². The van der Waals surface area contributed by atoms with Crippen LogP contribution in [-0.2, 0) is 6.54 Å². The van der Waals surface area contributed by atoms with Crippen molar-refractivity contribution in [2.75, 3.05) is 13.1 Å². The van der Waals surface area contributed by atoms with Gasteiger partial charge in [-0.25, -0.2) is 4.39 Å². The summed E-state index contributed by atoms with van der Waals surface area (Å²) < 4.78 is 13.9. The van der Waals surface area contributed by atoms with E-state index in [4.69, 9.17) is 11.6 Å². The van der Waals surface area contributed by atoms with Crippen LogP contribution in [0.1, 0.15) is 32.3 Å². The highest BCUT2D eigenvalue weighted by Crippen LogP contribution is 2.18. The van der Waals surface area contributed by atoms with E-state index in [1.54, 1.807) is 12.1 Å². The molecule has 0 aliphatic carbocycles. The third kappa shape index (κ3) is 4.16. The second-order valence-corrected chi connectivity index (χ2v) is 5.99. The van der Waals surface area contributed by atoms with Gasteiger partial charge in [-0.3, -0.25) is 4.90 Å². The lowest BCUT2D eigenvalue weighted by Crippen LogP contribution is -2.40. The number of rotatable bonds is 5. The maximum atomic E-state index is 13.9. The first-order chi connectivity index (χ1) is 9.06. The van der Waals surface area contributed by atoms with Crippen LogP contribution in [0.4, 0.5) is 4.39 Å². The highest BCUT2D eigenvalue weighted by Gasteiger charge is 2.20. The fourth-order valence-corrected chi connectivity index (χ4v) is 2.68. The Kier molecular flexibility index (Phi) is 5.20. The van der Waals surface area contributed by atoms with Gasteiger partial charge < -0.3 is 5.32 Å². The van der Waals surface area contributed by atoms with Gasteiger partial charge in [0, 0.05) is 35.8 Å². The topological polar surface area (TPSA) is 15.3 Å². The molecule has 0 aromatic heterocycles. The first kappa shape index (κ1) is 14.8. The third-order valence-electron chi connectivity index (χ3n) is 3.74. The molecule has 1 aromatic rings. The Morgan fingerprint density at radius 2 is 2.26 bits per heavy atom. The molecule has 0 bridgehead atoms. The standard InChI is InChI=1S/C15H22ClFN2/c1-11(2)19(10-14-4-3-7-18-14)9-12-5-6-13(16)8-15(12)17/h5-6,8,11,14,18H,3-4,7,9-10H2,1-2H3. The Hall–Kier alpha value is -0.640. The predicted molar refractivity (Wildman–Crippen MR) is 78.0 cm³/mol. The monoisotopic (exact) mass is 284 g/mol. The number of hydrogen-bond donors (Lipinski definition) is 1. The van der Waals surface area contributed by atoms with Crippen LogP contribution in [0, 0.1) is 5.82 Å². The summed E-state index contributed by atoms with van der Waals surface area (Å²) in [7, 11) is 0. The zero-order valence-corrected chi connectivity index (χ0v) is 12.4. The van der Waals surface area contributed by atoms with Crippen molar-refractivity contribution >= 4 is 11.6 Å². The molecule has 0 radical (unpaired) electrons. The van der Waals surface area contributed by atoms with Gasteiger partial charge in [-0.2, -0.15) is 0 Å². The van der Waals surface area contributed by atoms with E-state index >= 15 is 0 Å². The molecular weight excluding hydrogens is 263 g/mol. The number of halogens is 2. The average Bonchev–Trinajstić information content (AvgIpc) is 2.84. The van der Waals surface area contributed by atoms with E-state index in [0.717, 1.165) is 18.7 Å². The Labute approximate surface area is 119 Å². The summed E-state index contributed by atoms with van der Waals surface area (Å²) in [5.74, 6) is -0.211. The molecule has 1 unspecified atom stereocenters. The fourth-order valence-electron chi connectivity index (χ4n) is 2.52. The molecule has 4 heteroatoms. The molecule has 1 fully saturated rings. The number of benzene rings is 1. The molecule has 1 N–H and O–H groups in total. The molecule has 2 rings (SSSR count). The highest BCUT2D eigenvalue weighted by molar-refractivity contribution is 6.30. The van der Waals surface area contributed by atoms with Gasteiger partial charge in [-0.05, 0) is 45.4 Å². The van der Waals surface area contributed by atoms with Crippen molar-refractivity contribution < 1.29 is 4.39 Å². The van der Waals surface area contributed by atoms with E-state index in [2.05, 4.69) is 24.1 Å². The Morgan fingerprint density at radius 1 is 1.47 bits per heavy atom. The second kappa shape index (κ2) is 6.69. The fraction of sp³-hybridized carbons (Fsp3) is 0.600. The lowest BCUT2D eigenvalue weighted by molar-refractivity contribution is 0.192. The van der Waals surface area contributed by atoms with E-state index in [-0.39, 0.29) is 5.82 Å². The minimum atomic E-state index is -0.211. The van der Waals surface area contributed by atoms with Crippen molar-refractivity contribution in [3.8, 4) is 0 Å². The maximum absolute atomic E-state index is 13.9. The average molecular weight is 285 g/mol. The number of nitrogens with one attached hydrogen (secondary N) is 1. The van der Waals surface area contributed by atoms with Crippen LogP contribution in [0.3, 0.4) is 0 Å². The molecule has 1 aliphatic heterocycles. The molecule has 1 aliphatic rings. The first-order valence-corrected chi connectivity index (χ1v) is 7.35. The summed E-state index contributed by atoms with van der Waals surface area (Å²) in [4.78, 5) is 2.31. The van der Waals surface area contributed by atoms with Gasteiger partial charge in [0.25, 0.3) is 0 Å². The zero-order valence-electron chi connectivity index (χ0n) is 11.6. The summed E-state index contributed by atoms with van der Waals surface area (Å²) in [6.07, 6.45) is 2.46. The molecule has 106 valence electrons. The largest absolute Gasteiger partial charge is 0.313 e. The van der Waals surface area contributed by atoms with Gasteiger partial charge in [-0.15, -0.1) is 0 Å². The normalized spacial score (nSPS) is 19.6. The van der Waals surface area contributed by atoms with Crippen molar-refractivity contribution in [2.45, 2.75) is 45.3 Å². The zero-order chi connectivity index (χ0) is 13.8. The Bertz CT molecular complexity index is 417. The van der Waals surface area contributed by atoms with Crippen LogP contribution >= 0.6 is 11.6 Å². The summed E-state index contributed by atoms with van der Waals surface area (Å²) in [6.45, 7) is 7.02. The van der Waals surface area contributed by atoms with Gasteiger partial charge in [0.05, 0.1) is 0 Å². The second-order valence-electron chi connectivity index (χ2n) is 5.55. The van der Waals surface area contributed by atoms with Gasteiger partial charge in [0.2, 0.25) is 0 Å². The molecule has 19 heavy (non-hydrogen) atoms. The van der Waals surface area contributed by atoms with Crippen molar-refractivity contribution in [3.05, 3.63) is 34.6 Å². The molecular formula is C15H22ClFN2. The summed E-state index contributed by atoms with van der Waals surface area (Å²) in [5, 5.41) is 3.95. The van der Waals surface area contributed by atoms with Crippen molar-refractivity contribution in [1.29, 1.82) is 0 Å².